The van der Waals surface area contributed by atoms with Gasteiger partial charge >= 0.3 is 0 Å². The highest BCUT2D eigenvalue weighted by Gasteiger charge is 2.20. The summed E-state index contributed by atoms with van der Waals surface area (Å²) in [5, 5.41) is 20.6. The number of benzene rings is 2. The van der Waals surface area contributed by atoms with E-state index < -0.39 is 4.92 Å². The Kier molecular flexibility index (Phi) is 3.27. The predicted octanol–water partition coefficient (Wildman–Crippen LogP) is 3.17. The number of phenolic OH excluding ortho intramolecular Hbond substituents is 1. The van der Waals surface area contributed by atoms with Gasteiger partial charge in [0.05, 0.1) is 21.9 Å². The molecular formula is C16H10N2O4. The van der Waals surface area contributed by atoms with Crippen molar-refractivity contribution >= 4 is 22.9 Å². The summed E-state index contributed by atoms with van der Waals surface area (Å²) >= 11 is 0. The molecule has 2 aromatic rings. The van der Waals surface area contributed by atoms with Gasteiger partial charge in [-0.15, -0.1) is 0 Å². The highest BCUT2D eigenvalue weighted by atomic mass is 16.6. The Morgan fingerprint density at radius 3 is 2.45 bits per heavy atom. The number of nitro benzene ring substituents is 1. The van der Waals surface area contributed by atoms with E-state index in [9.17, 15) is 20.0 Å². The van der Waals surface area contributed by atoms with Gasteiger partial charge in [0.2, 0.25) is 0 Å². The molecular weight excluding hydrogens is 284 g/mol. The van der Waals surface area contributed by atoms with E-state index >= 15 is 0 Å². The summed E-state index contributed by atoms with van der Waals surface area (Å²) in [5.41, 5.74) is 1.65. The quantitative estimate of drug-likeness (QED) is 0.680. The van der Waals surface area contributed by atoms with Crippen LogP contribution in [-0.2, 0) is 0 Å². The van der Waals surface area contributed by atoms with Gasteiger partial charge in [0, 0.05) is 17.7 Å². The highest BCUT2D eigenvalue weighted by Crippen LogP contribution is 2.28. The van der Waals surface area contributed by atoms with Crippen LogP contribution in [0.3, 0.4) is 0 Å². The van der Waals surface area contributed by atoms with Crippen LogP contribution >= 0.6 is 0 Å². The van der Waals surface area contributed by atoms with E-state index in [0.717, 1.165) is 0 Å². The number of nitro groups is 1. The van der Waals surface area contributed by atoms with Gasteiger partial charge in [-0.25, -0.2) is 4.99 Å². The van der Waals surface area contributed by atoms with Gasteiger partial charge in [0.15, 0.2) is 5.78 Å². The predicted molar refractivity (Wildman–Crippen MR) is 80.9 cm³/mol. The normalized spacial score (nSPS) is 14.9. The summed E-state index contributed by atoms with van der Waals surface area (Å²) in [6.07, 6.45) is 2.90. The first-order valence-corrected chi connectivity index (χ1v) is 6.44. The minimum Gasteiger partial charge on any atom is -0.507 e. The van der Waals surface area contributed by atoms with Crippen molar-refractivity contribution in [3.05, 3.63) is 75.9 Å². The van der Waals surface area contributed by atoms with Crippen LogP contribution in [0.1, 0.15) is 15.9 Å². The summed E-state index contributed by atoms with van der Waals surface area (Å²) in [6, 6.07) is 10.4. The zero-order valence-corrected chi connectivity index (χ0v) is 11.3. The number of hydrogen-bond donors (Lipinski definition) is 1. The Hall–Kier alpha value is -3.28. The van der Waals surface area contributed by atoms with E-state index in [-0.39, 0.29) is 17.2 Å². The maximum Gasteiger partial charge on any atom is 0.269 e. The number of non-ortho nitro benzene ring substituents is 1. The van der Waals surface area contributed by atoms with Crippen molar-refractivity contribution < 1.29 is 14.8 Å². The smallest absolute Gasteiger partial charge is 0.269 e. The van der Waals surface area contributed by atoms with Crippen LogP contribution in [0.15, 0.2) is 59.6 Å². The van der Waals surface area contributed by atoms with Crippen molar-refractivity contribution in [3.63, 3.8) is 0 Å². The number of phenols is 1. The lowest BCUT2D eigenvalue weighted by atomic mass is 9.93. The number of carbonyl (C=O) groups is 1. The Labute approximate surface area is 125 Å². The number of ketones is 1. The summed E-state index contributed by atoms with van der Waals surface area (Å²) in [5.74, 6) is -0.232. The molecule has 0 spiro atoms. The second-order valence-electron chi connectivity index (χ2n) is 4.67. The van der Waals surface area contributed by atoms with Crippen LogP contribution in [0.2, 0.25) is 0 Å². The van der Waals surface area contributed by atoms with Crippen molar-refractivity contribution in [1.82, 2.24) is 0 Å². The number of rotatable bonds is 2. The molecule has 2 aromatic carbocycles. The summed E-state index contributed by atoms with van der Waals surface area (Å²) in [7, 11) is 0. The molecule has 0 fully saturated rings. The van der Waals surface area contributed by atoms with Crippen molar-refractivity contribution in [1.29, 1.82) is 0 Å². The average molecular weight is 294 g/mol. The maximum absolute atomic E-state index is 11.8. The van der Waals surface area contributed by atoms with Gasteiger partial charge in [-0.3, -0.25) is 14.9 Å². The van der Waals surface area contributed by atoms with Gasteiger partial charge in [0.1, 0.15) is 5.75 Å². The standard InChI is InChI=1S/C16H10N2O4/c19-14-9-8-13(16-12(14)2-1-3-15(16)20)17-10-4-6-11(7-5-10)18(21)22/h1-9,20H. The summed E-state index contributed by atoms with van der Waals surface area (Å²) < 4.78 is 0. The monoisotopic (exact) mass is 294 g/mol. The molecule has 0 aromatic heterocycles. The summed E-state index contributed by atoms with van der Waals surface area (Å²) in [6.45, 7) is 0. The Morgan fingerprint density at radius 1 is 1.05 bits per heavy atom. The number of aliphatic imine (C=N–C) groups is 1. The fourth-order valence-electron chi connectivity index (χ4n) is 2.22. The highest BCUT2D eigenvalue weighted by molar-refractivity contribution is 6.25. The van der Waals surface area contributed by atoms with E-state index in [2.05, 4.69) is 4.99 Å². The van der Waals surface area contributed by atoms with Crippen LogP contribution in [0.25, 0.3) is 0 Å². The number of allylic oxidation sites excluding steroid dienone is 2. The zero-order chi connectivity index (χ0) is 15.7. The molecule has 0 unspecified atom stereocenters. The molecule has 108 valence electrons. The third-order valence-electron chi connectivity index (χ3n) is 3.27. The van der Waals surface area contributed by atoms with Gasteiger partial charge in [-0.1, -0.05) is 12.1 Å². The van der Waals surface area contributed by atoms with E-state index in [1.165, 1.54) is 42.5 Å². The van der Waals surface area contributed by atoms with E-state index in [1.54, 1.807) is 12.1 Å². The third-order valence-corrected chi connectivity index (χ3v) is 3.27. The molecule has 1 aliphatic rings. The Bertz CT molecular complexity index is 836. The molecule has 0 amide bonds. The molecule has 0 aliphatic heterocycles. The molecule has 0 saturated carbocycles. The number of nitrogens with zero attached hydrogens (tertiary/aromatic N) is 2. The Morgan fingerprint density at radius 2 is 1.77 bits per heavy atom. The van der Waals surface area contributed by atoms with Crippen molar-refractivity contribution in [2.45, 2.75) is 0 Å². The van der Waals surface area contributed by atoms with Crippen molar-refractivity contribution in [2.24, 2.45) is 4.99 Å². The molecule has 0 atom stereocenters. The van der Waals surface area contributed by atoms with Gasteiger partial charge in [-0.2, -0.15) is 0 Å². The largest absolute Gasteiger partial charge is 0.507 e. The van der Waals surface area contributed by atoms with E-state index in [4.69, 9.17) is 0 Å². The number of aromatic hydroxyl groups is 1. The molecule has 0 radical (unpaired) electrons. The maximum atomic E-state index is 11.8. The second-order valence-corrected chi connectivity index (χ2v) is 4.67. The summed E-state index contributed by atoms with van der Waals surface area (Å²) in [4.78, 5) is 26.3. The molecule has 6 heteroatoms. The van der Waals surface area contributed by atoms with Gasteiger partial charge in [0.25, 0.3) is 5.69 Å². The lowest BCUT2D eigenvalue weighted by Gasteiger charge is -2.13. The molecule has 1 aliphatic carbocycles. The number of hydrogen-bond acceptors (Lipinski definition) is 5. The minimum atomic E-state index is -0.489. The fraction of sp³-hybridized carbons (Fsp3) is 0. The average Bonchev–Trinajstić information content (AvgIpc) is 2.51. The van der Waals surface area contributed by atoms with Gasteiger partial charge in [-0.05, 0) is 30.4 Å². The lowest BCUT2D eigenvalue weighted by molar-refractivity contribution is -0.384. The zero-order valence-electron chi connectivity index (χ0n) is 11.3. The molecule has 3 rings (SSSR count). The first-order chi connectivity index (χ1) is 10.6. The lowest BCUT2D eigenvalue weighted by Crippen LogP contribution is -2.12. The van der Waals surface area contributed by atoms with Gasteiger partial charge < -0.3 is 5.11 Å². The van der Waals surface area contributed by atoms with Crippen LogP contribution in [-0.4, -0.2) is 21.5 Å². The first-order valence-electron chi connectivity index (χ1n) is 6.44. The molecule has 0 heterocycles. The van der Waals surface area contributed by atoms with Crippen LogP contribution in [0, 0.1) is 10.1 Å². The number of carbonyl (C=O) groups excluding carboxylic acids is 1. The van der Waals surface area contributed by atoms with Crippen LogP contribution < -0.4 is 0 Å². The second kappa shape index (κ2) is 5.25. The molecule has 6 nitrogen and oxygen atoms in total. The van der Waals surface area contributed by atoms with E-state index in [0.29, 0.717) is 22.5 Å². The van der Waals surface area contributed by atoms with Crippen LogP contribution in [0.5, 0.6) is 5.75 Å². The molecule has 0 saturated heterocycles. The minimum absolute atomic E-state index is 0.0263. The van der Waals surface area contributed by atoms with E-state index in [1.807, 2.05) is 0 Å². The third kappa shape index (κ3) is 2.37. The first kappa shape index (κ1) is 13.7. The topological polar surface area (TPSA) is 92.8 Å². The fourth-order valence-corrected chi connectivity index (χ4v) is 2.22. The molecule has 22 heavy (non-hydrogen) atoms. The SMILES string of the molecule is O=C1C=CC(=Nc2ccc([N+](=O)[O-])cc2)c2c(O)cccc21. The Balaban J connectivity index is 2.07. The van der Waals surface area contributed by atoms with Crippen LogP contribution in [0.4, 0.5) is 11.4 Å². The molecule has 1 N–H and O–H groups in total. The molecule has 0 bridgehead atoms. The number of fused-ring (bicyclic) bond motifs is 1. The van der Waals surface area contributed by atoms with Crippen molar-refractivity contribution in [3.8, 4) is 5.75 Å². The van der Waals surface area contributed by atoms with Crippen molar-refractivity contribution in [2.75, 3.05) is 0 Å².